The number of ether oxygens (including phenoxy) is 1. The smallest absolute Gasteiger partial charge is 0.260 e. The van der Waals surface area contributed by atoms with Crippen molar-refractivity contribution in [3.63, 3.8) is 0 Å². The van der Waals surface area contributed by atoms with Crippen LogP contribution in [0.15, 0.2) is 69.9 Å². The Hall–Kier alpha value is -3.70. The van der Waals surface area contributed by atoms with Crippen LogP contribution in [0, 0.1) is 5.82 Å². The zero-order chi connectivity index (χ0) is 22.8. The van der Waals surface area contributed by atoms with Crippen LogP contribution < -0.4 is 16.1 Å². The Balaban J connectivity index is 1.30. The molecule has 11 heteroatoms. The summed E-state index contributed by atoms with van der Waals surface area (Å²) < 4.78 is 20.4. The van der Waals surface area contributed by atoms with Crippen LogP contribution in [0.3, 0.4) is 0 Å². The van der Waals surface area contributed by atoms with Gasteiger partial charge in [-0.15, -0.1) is 21.5 Å². The molecule has 0 saturated heterocycles. The van der Waals surface area contributed by atoms with Crippen molar-refractivity contribution in [2.75, 3.05) is 5.84 Å². The van der Waals surface area contributed by atoms with E-state index in [4.69, 9.17) is 10.6 Å². The predicted octanol–water partition coefficient (Wildman–Crippen LogP) is 3.97. The summed E-state index contributed by atoms with van der Waals surface area (Å²) in [7, 11) is 0. The van der Waals surface area contributed by atoms with E-state index in [0.717, 1.165) is 11.1 Å². The molecule has 3 heterocycles. The average Bonchev–Trinajstić information content (AvgIpc) is 3.41. The van der Waals surface area contributed by atoms with Gasteiger partial charge in [-0.25, -0.2) is 14.1 Å². The van der Waals surface area contributed by atoms with Gasteiger partial charge in [0.05, 0.1) is 11.1 Å². The van der Waals surface area contributed by atoms with Crippen LogP contribution in [-0.4, -0.2) is 24.8 Å². The molecule has 0 aliphatic rings. The molecule has 0 aliphatic carbocycles. The van der Waals surface area contributed by atoms with Gasteiger partial charge in [-0.05, 0) is 17.7 Å². The minimum absolute atomic E-state index is 0.0382. The molecule has 0 saturated carbocycles. The fourth-order valence-corrected chi connectivity index (χ4v) is 4.95. The molecule has 0 radical (unpaired) electrons. The number of para-hydroxylation sites is 1. The average molecular weight is 481 g/mol. The topological polar surface area (TPSA) is 112 Å². The first-order chi connectivity index (χ1) is 16.1. The van der Waals surface area contributed by atoms with Gasteiger partial charge in [0.2, 0.25) is 5.16 Å². The number of thiophene rings is 1. The van der Waals surface area contributed by atoms with Gasteiger partial charge >= 0.3 is 0 Å². The quantitative estimate of drug-likeness (QED) is 0.268. The molecular formula is C22H17FN6O2S2. The molecule has 0 unspecified atom stereocenters. The lowest BCUT2D eigenvalue weighted by atomic mass is 10.1. The van der Waals surface area contributed by atoms with E-state index >= 15 is 0 Å². The van der Waals surface area contributed by atoms with Gasteiger partial charge in [-0.1, -0.05) is 54.2 Å². The maximum Gasteiger partial charge on any atom is 0.260 e. The van der Waals surface area contributed by atoms with Gasteiger partial charge in [-0.2, -0.15) is 0 Å². The second-order valence-electron chi connectivity index (χ2n) is 6.98. The van der Waals surface area contributed by atoms with Crippen LogP contribution >= 0.6 is 23.1 Å². The Morgan fingerprint density at radius 3 is 2.73 bits per heavy atom. The number of nitrogens with one attached hydrogen (secondary N) is 1. The molecule has 0 spiro atoms. The van der Waals surface area contributed by atoms with Crippen LogP contribution in [0.4, 0.5) is 4.39 Å². The number of H-pyrrole nitrogens is 1. The molecule has 5 aromatic rings. The minimum atomic E-state index is -0.468. The van der Waals surface area contributed by atoms with E-state index in [1.165, 1.54) is 39.9 Å². The highest BCUT2D eigenvalue weighted by atomic mass is 32.2. The number of benzene rings is 2. The number of nitrogen functional groups attached to an aromatic ring is 1. The summed E-state index contributed by atoms with van der Waals surface area (Å²) in [5, 5.41) is 11.0. The molecule has 0 fully saturated rings. The monoisotopic (exact) mass is 480 g/mol. The second kappa shape index (κ2) is 9.04. The molecule has 33 heavy (non-hydrogen) atoms. The first-order valence-electron chi connectivity index (χ1n) is 9.85. The SMILES string of the molecule is Nn1c(COc2ccccc2F)nnc1SCc1nc2scc(-c3ccccc3)c2c(=O)[nH]1. The largest absolute Gasteiger partial charge is 0.482 e. The number of aromatic amines is 1. The second-order valence-corrected chi connectivity index (χ2v) is 8.79. The van der Waals surface area contributed by atoms with Crippen LogP contribution in [0.25, 0.3) is 21.3 Å². The first kappa shape index (κ1) is 21.2. The molecule has 3 aromatic heterocycles. The van der Waals surface area contributed by atoms with Gasteiger partial charge < -0.3 is 15.6 Å². The summed E-state index contributed by atoms with van der Waals surface area (Å²) in [6.07, 6.45) is 0. The predicted molar refractivity (Wildman–Crippen MR) is 126 cm³/mol. The van der Waals surface area contributed by atoms with Crippen molar-refractivity contribution in [3.8, 4) is 16.9 Å². The third kappa shape index (κ3) is 4.32. The van der Waals surface area contributed by atoms with Crippen LogP contribution in [0.2, 0.25) is 0 Å². The van der Waals surface area contributed by atoms with Gasteiger partial charge in [-0.3, -0.25) is 4.79 Å². The number of hydrogen-bond donors (Lipinski definition) is 2. The first-order valence-corrected chi connectivity index (χ1v) is 11.7. The number of nitrogens with two attached hydrogens (primary N) is 1. The lowest BCUT2D eigenvalue weighted by molar-refractivity contribution is 0.277. The number of fused-ring (bicyclic) bond motifs is 1. The highest BCUT2D eigenvalue weighted by Gasteiger charge is 2.15. The normalized spacial score (nSPS) is 11.2. The van der Waals surface area contributed by atoms with E-state index in [9.17, 15) is 9.18 Å². The molecule has 8 nitrogen and oxygen atoms in total. The molecule has 5 rings (SSSR count). The summed E-state index contributed by atoms with van der Waals surface area (Å²) >= 11 is 2.70. The van der Waals surface area contributed by atoms with E-state index in [1.54, 1.807) is 12.1 Å². The van der Waals surface area contributed by atoms with E-state index in [2.05, 4.69) is 20.2 Å². The molecule has 0 aliphatic heterocycles. The van der Waals surface area contributed by atoms with Crippen LogP contribution in [0.5, 0.6) is 5.75 Å². The minimum Gasteiger partial charge on any atom is -0.482 e. The fourth-order valence-electron chi connectivity index (χ4n) is 3.23. The van der Waals surface area contributed by atoms with E-state index < -0.39 is 5.82 Å². The molecule has 0 amide bonds. The van der Waals surface area contributed by atoms with Crippen molar-refractivity contribution in [2.24, 2.45) is 0 Å². The fraction of sp³-hybridized carbons (Fsp3) is 0.0909. The van der Waals surface area contributed by atoms with Gasteiger partial charge in [0.25, 0.3) is 5.56 Å². The van der Waals surface area contributed by atoms with Gasteiger partial charge in [0.15, 0.2) is 17.4 Å². The number of nitrogens with zero attached hydrogens (tertiary/aromatic N) is 4. The van der Waals surface area contributed by atoms with Crippen molar-refractivity contribution < 1.29 is 9.13 Å². The highest BCUT2D eigenvalue weighted by Crippen LogP contribution is 2.31. The number of halogens is 1. The van der Waals surface area contributed by atoms with Crippen molar-refractivity contribution in [1.29, 1.82) is 0 Å². The summed E-state index contributed by atoms with van der Waals surface area (Å²) in [6, 6.07) is 15.8. The Morgan fingerprint density at radius 1 is 1.12 bits per heavy atom. The van der Waals surface area contributed by atoms with Gasteiger partial charge in [0, 0.05) is 10.9 Å². The zero-order valence-electron chi connectivity index (χ0n) is 17.1. The van der Waals surface area contributed by atoms with Crippen molar-refractivity contribution in [3.05, 3.63) is 87.8 Å². The van der Waals surface area contributed by atoms with Crippen molar-refractivity contribution in [2.45, 2.75) is 17.5 Å². The van der Waals surface area contributed by atoms with E-state index in [-0.39, 0.29) is 17.9 Å². The van der Waals surface area contributed by atoms with Crippen molar-refractivity contribution in [1.82, 2.24) is 24.8 Å². The van der Waals surface area contributed by atoms with E-state index in [0.29, 0.717) is 32.8 Å². The summed E-state index contributed by atoms with van der Waals surface area (Å²) in [6.45, 7) is -0.0382. The standard InChI is InChI=1S/C22H17FN6O2S2/c23-15-8-4-5-9-16(15)31-10-18-27-28-22(29(18)24)33-12-17-25-20(30)19-14(11-32-21(19)26-17)13-6-2-1-3-7-13/h1-9,11H,10,12,24H2,(H,25,26,30). The maximum atomic E-state index is 13.7. The van der Waals surface area contributed by atoms with E-state index in [1.807, 2.05) is 35.7 Å². The third-order valence-electron chi connectivity index (χ3n) is 4.84. The summed E-state index contributed by atoms with van der Waals surface area (Å²) in [5.41, 5.74) is 1.65. The lowest BCUT2D eigenvalue weighted by Crippen LogP contribution is -2.16. The number of thioether (sulfide) groups is 1. The Bertz CT molecular complexity index is 1480. The third-order valence-corrected chi connectivity index (χ3v) is 6.67. The molecule has 3 N–H and O–H groups in total. The molecule has 0 bridgehead atoms. The summed E-state index contributed by atoms with van der Waals surface area (Å²) in [5.74, 6) is 6.89. The van der Waals surface area contributed by atoms with Crippen LogP contribution in [-0.2, 0) is 12.4 Å². The number of rotatable bonds is 7. The number of hydrogen-bond acceptors (Lipinski definition) is 8. The molecule has 2 aromatic carbocycles. The lowest BCUT2D eigenvalue weighted by Gasteiger charge is -2.07. The Labute approximate surface area is 195 Å². The van der Waals surface area contributed by atoms with Gasteiger partial charge in [0.1, 0.15) is 17.3 Å². The Kier molecular flexibility index (Phi) is 5.80. The molecule has 0 atom stereocenters. The zero-order valence-corrected chi connectivity index (χ0v) is 18.7. The highest BCUT2D eigenvalue weighted by molar-refractivity contribution is 7.98. The van der Waals surface area contributed by atoms with Crippen molar-refractivity contribution >= 4 is 33.3 Å². The Morgan fingerprint density at radius 2 is 1.91 bits per heavy atom. The summed E-state index contributed by atoms with van der Waals surface area (Å²) in [4.78, 5) is 20.9. The molecular weight excluding hydrogens is 463 g/mol. The maximum absolute atomic E-state index is 13.7. The molecule has 166 valence electrons. The number of aromatic nitrogens is 5. The van der Waals surface area contributed by atoms with Crippen LogP contribution in [0.1, 0.15) is 11.6 Å².